The van der Waals surface area contributed by atoms with Crippen LogP contribution in [0.3, 0.4) is 0 Å². The highest BCUT2D eigenvalue weighted by molar-refractivity contribution is 7.61. The van der Waals surface area contributed by atoms with E-state index in [1.54, 1.807) is 0 Å². The van der Waals surface area contributed by atoms with Gasteiger partial charge in [0.25, 0.3) is 0 Å². The molecule has 39 heavy (non-hydrogen) atoms. The van der Waals surface area contributed by atoms with Crippen molar-refractivity contribution in [2.24, 2.45) is 0 Å². The van der Waals surface area contributed by atoms with E-state index in [9.17, 15) is 24.7 Å². The number of hydrogen-bond donors (Lipinski definition) is 3. The molecule has 0 aromatic rings. The van der Waals surface area contributed by atoms with Crippen LogP contribution in [0.15, 0.2) is 12.7 Å². The van der Waals surface area contributed by atoms with Crippen LogP contribution >= 0.6 is 7.60 Å². The van der Waals surface area contributed by atoms with Gasteiger partial charge in [0.1, 0.15) is 0 Å². The van der Waals surface area contributed by atoms with Crippen molar-refractivity contribution < 1.29 is 47.9 Å². The number of carbonyl (C=O) groups excluding carboxylic acids is 1. The number of rotatable bonds is 25. The van der Waals surface area contributed by atoms with Gasteiger partial charge in [-0.05, 0) is 33.1 Å². The Morgan fingerprint density at radius 1 is 0.949 bits per heavy atom. The van der Waals surface area contributed by atoms with Crippen LogP contribution < -0.4 is 0 Å². The predicted molar refractivity (Wildman–Crippen MR) is 149 cm³/mol. The van der Waals surface area contributed by atoms with E-state index in [4.69, 9.17) is 9.26 Å². The molecule has 0 aromatic heterocycles. The van der Waals surface area contributed by atoms with Crippen LogP contribution in [-0.4, -0.2) is 58.4 Å². The summed E-state index contributed by atoms with van der Waals surface area (Å²) in [4.78, 5) is 11.6. The zero-order chi connectivity index (χ0) is 29.2. The zero-order valence-electron chi connectivity index (χ0n) is 24.3. The van der Waals surface area contributed by atoms with Crippen LogP contribution in [0.5, 0.6) is 0 Å². The molecule has 11 heteroatoms. The molecule has 1 saturated heterocycles. The van der Waals surface area contributed by atoms with E-state index in [1.807, 2.05) is 0 Å². The fourth-order valence-electron chi connectivity index (χ4n) is 4.19. The second kappa shape index (κ2) is 19.2. The number of unbranched alkanes of at least 4 members (excludes halogenated alkanes) is 13. The summed E-state index contributed by atoms with van der Waals surface area (Å²) in [5, 5.41) is 30.2. The van der Waals surface area contributed by atoms with E-state index in [-0.39, 0.29) is 6.42 Å². The number of aliphatic hydroxyl groups is 3. The molecule has 1 heterocycles. The van der Waals surface area contributed by atoms with E-state index in [0.717, 1.165) is 12.8 Å². The summed E-state index contributed by atoms with van der Waals surface area (Å²) in [6.07, 6.45) is 17.3. The van der Waals surface area contributed by atoms with E-state index in [2.05, 4.69) is 27.5 Å². The first kappa shape index (κ1) is 36.0. The van der Waals surface area contributed by atoms with Crippen LogP contribution in [0, 0.1) is 0 Å². The van der Waals surface area contributed by atoms with Crippen LogP contribution in [0.4, 0.5) is 4.79 Å². The van der Waals surface area contributed by atoms with E-state index in [1.165, 1.54) is 97.0 Å². The Bertz CT molecular complexity index is 729. The minimum atomic E-state index is -4.41. The third kappa shape index (κ3) is 14.0. The minimum absolute atomic E-state index is 0.256. The maximum Gasteiger partial charge on any atom is 0.513 e. The van der Waals surface area contributed by atoms with Crippen LogP contribution in [0.25, 0.3) is 0 Å². The zero-order valence-corrected chi connectivity index (χ0v) is 25.2. The summed E-state index contributed by atoms with van der Waals surface area (Å²) in [5.41, 5.74) is -3.12. The molecule has 230 valence electrons. The molecule has 3 unspecified atom stereocenters. The second-order valence-corrected chi connectivity index (χ2v) is 12.6. The van der Waals surface area contributed by atoms with E-state index >= 15 is 0 Å². The Morgan fingerprint density at radius 2 is 1.46 bits per heavy atom. The fraction of sp³-hybridized carbons (Fsp3) is 0.893. The molecule has 0 amide bonds. The SMILES string of the molecule is C=CCC(CCOCCCCCCCCCCCCCCCC)OP1(=O)OC1(O)C(O)(O)OC(=O)OC(C)C. The Labute approximate surface area is 234 Å². The molecule has 1 aliphatic rings. The number of hydrogen-bond acceptors (Lipinski definition) is 10. The molecular formula is C28H53O10P. The minimum Gasteiger partial charge on any atom is -0.431 e. The average molecular weight is 581 g/mol. The monoisotopic (exact) mass is 580 g/mol. The third-order valence-corrected chi connectivity index (χ3v) is 8.55. The molecule has 0 bridgehead atoms. The highest BCUT2D eigenvalue weighted by Crippen LogP contribution is 2.80. The molecule has 0 saturated carbocycles. The average Bonchev–Trinajstić information content (AvgIpc) is 3.42. The molecule has 1 fully saturated rings. The van der Waals surface area contributed by atoms with Crippen molar-refractivity contribution in [2.75, 3.05) is 13.2 Å². The molecule has 10 nitrogen and oxygen atoms in total. The van der Waals surface area contributed by atoms with Crippen molar-refractivity contribution in [1.29, 1.82) is 0 Å². The van der Waals surface area contributed by atoms with Gasteiger partial charge in [0.05, 0.1) is 12.2 Å². The standard InChI is InChI=1S/C28H53O10P/c1-5-7-8-9-10-11-12-13-14-15-16-17-18-19-22-34-23-21-25(20-6-2)37-39(33)28(32,38-39)27(30,31)36-26(29)35-24(3)4/h6,24-25,30-32H,2,5,7-23H2,1,3-4H3. The first-order chi connectivity index (χ1) is 18.5. The van der Waals surface area contributed by atoms with Gasteiger partial charge in [-0.3, -0.25) is 9.09 Å². The van der Waals surface area contributed by atoms with Crippen LogP contribution in [0.1, 0.15) is 124 Å². The third-order valence-electron chi connectivity index (χ3n) is 6.51. The molecule has 3 atom stereocenters. The van der Waals surface area contributed by atoms with Gasteiger partial charge in [-0.15, -0.1) is 6.58 Å². The molecule has 1 rings (SSSR count). The maximum absolute atomic E-state index is 12.8. The molecule has 0 spiro atoms. The van der Waals surface area contributed by atoms with Gasteiger partial charge in [0, 0.05) is 13.2 Å². The summed E-state index contributed by atoms with van der Waals surface area (Å²) in [6, 6.07) is 0. The van der Waals surface area contributed by atoms with Gasteiger partial charge in [0.15, 0.2) is 0 Å². The summed E-state index contributed by atoms with van der Waals surface area (Å²) >= 11 is 0. The summed E-state index contributed by atoms with van der Waals surface area (Å²) < 4.78 is 37.4. The highest BCUT2D eigenvalue weighted by Gasteiger charge is 2.84. The van der Waals surface area contributed by atoms with Crippen LogP contribution in [0.2, 0.25) is 0 Å². The smallest absolute Gasteiger partial charge is 0.431 e. The number of ether oxygens (including phenoxy) is 3. The van der Waals surface area contributed by atoms with E-state index < -0.39 is 37.5 Å². The Balaban J connectivity index is 2.16. The van der Waals surface area contributed by atoms with Gasteiger partial charge in [0.2, 0.25) is 0 Å². The lowest BCUT2D eigenvalue weighted by Gasteiger charge is -2.23. The van der Waals surface area contributed by atoms with Crippen molar-refractivity contribution in [3.05, 3.63) is 12.7 Å². The van der Waals surface area contributed by atoms with E-state index in [0.29, 0.717) is 19.6 Å². The van der Waals surface area contributed by atoms with Gasteiger partial charge in [-0.25, -0.2) is 4.79 Å². The second-order valence-electron chi connectivity index (χ2n) is 10.6. The molecule has 1 aliphatic heterocycles. The molecule has 0 radical (unpaired) electrons. The number of carbonyl (C=O) groups is 1. The van der Waals surface area contributed by atoms with Crippen molar-refractivity contribution in [1.82, 2.24) is 0 Å². The van der Waals surface area contributed by atoms with Crippen molar-refractivity contribution in [3.63, 3.8) is 0 Å². The van der Waals surface area contributed by atoms with Gasteiger partial charge >= 0.3 is 25.3 Å². The highest BCUT2D eigenvalue weighted by atomic mass is 31.2. The van der Waals surface area contributed by atoms with Gasteiger partial charge < -0.3 is 34.1 Å². The summed E-state index contributed by atoms with van der Waals surface area (Å²) in [5.74, 6) is -3.63. The lowest BCUT2D eigenvalue weighted by atomic mass is 10.0. The fourth-order valence-corrected chi connectivity index (χ4v) is 5.97. The maximum atomic E-state index is 12.8. The van der Waals surface area contributed by atoms with Crippen molar-refractivity contribution in [3.8, 4) is 0 Å². The van der Waals surface area contributed by atoms with Gasteiger partial charge in [-0.2, -0.15) is 0 Å². The molecule has 3 N–H and O–H groups in total. The largest absolute Gasteiger partial charge is 0.513 e. The Kier molecular flexibility index (Phi) is 17.7. The van der Waals surface area contributed by atoms with Crippen molar-refractivity contribution >= 4 is 13.8 Å². The topological polar surface area (TPSA) is 144 Å². The van der Waals surface area contributed by atoms with Crippen molar-refractivity contribution in [2.45, 2.75) is 147 Å². The Hall–Kier alpha value is -1.00. The molecular weight excluding hydrogens is 527 g/mol. The summed E-state index contributed by atoms with van der Waals surface area (Å²) in [7, 11) is -4.41. The lowest BCUT2D eigenvalue weighted by Crippen LogP contribution is -2.49. The van der Waals surface area contributed by atoms with Gasteiger partial charge in [-0.1, -0.05) is 96.5 Å². The normalized spacial score (nSPS) is 21.6. The molecule has 0 aliphatic carbocycles. The lowest BCUT2D eigenvalue weighted by molar-refractivity contribution is -0.383. The first-order valence-corrected chi connectivity index (χ1v) is 16.3. The van der Waals surface area contributed by atoms with Crippen LogP contribution in [-0.2, 0) is 27.8 Å². The quantitative estimate of drug-likeness (QED) is 0.0260. The molecule has 0 aromatic carbocycles. The first-order valence-electron chi connectivity index (χ1n) is 14.8. The predicted octanol–water partition coefficient (Wildman–Crippen LogP) is 6.91. The summed E-state index contributed by atoms with van der Waals surface area (Å²) in [6.45, 7) is 9.81. The Morgan fingerprint density at radius 3 is 1.95 bits per heavy atom.